The zero-order chi connectivity index (χ0) is 12.8. The predicted molar refractivity (Wildman–Crippen MR) is 68.6 cm³/mol. The molecule has 1 atom stereocenters. The molecular weight excluding hydrogens is 216 g/mol. The molecular formula is C13H26N2O2. The van der Waals surface area contributed by atoms with Crippen LogP contribution in [0.15, 0.2) is 0 Å². The molecule has 1 fully saturated rings. The van der Waals surface area contributed by atoms with Gasteiger partial charge in [0.2, 0.25) is 5.91 Å². The van der Waals surface area contributed by atoms with E-state index in [1.165, 1.54) is 0 Å². The third kappa shape index (κ3) is 4.64. The van der Waals surface area contributed by atoms with Gasteiger partial charge in [0.05, 0.1) is 0 Å². The molecule has 17 heavy (non-hydrogen) atoms. The summed E-state index contributed by atoms with van der Waals surface area (Å²) in [7, 11) is 1.88. The number of nitrogens with two attached hydrogens (primary N) is 1. The molecule has 4 nitrogen and oxygen atoms in total. The second kappa shape index (κ2) is 6.97. The molecule has 1 unspecified atom stereocenters. The standard InChI is InChI=1S/C13H26N2O2/c1-10(2)12(14)4-7-15(3)13(16)11-5-8-17-9-6-11/h10-12H,4-9,14H2,1-3H3. The molecule has 0 bridgehead atoms. The molecule has 1 heterocycles. The lowest BCUT2D eigenvalue weighted by Crippen LogP contribution is -2.39. The summed E-state index contributed by atoms with van der Waals surface area (Å²) in [5, 5.41) is 0. The summed E-state index contributed by atoms with van der Waals surface area (Å²) in [5.41, 5.74) is 5.99. The number of amides is 1. The molecule has 0 radical (unpaired) electrons. The maximum atomic E-state index is 12.1. The maximum Gasteiger partial charge on any atom is 0.225 e. The second-order valence-electron chi connectivity index (χ2n) is 5.34. The first-order chi connectivity index (χ1) is 8.02. The van der Waals surface area contributed by atoms with Gasteiger partial charge in [-0.15, -0.1) is 0 Å². The second-order valence-corrected chi connectivity index (χ2v) is 5.34. The van der Waals surface area contributed by atoms with Gasteiger partial charge in [-0.05, 0) is 25.2 Å². The van der Waals surface area contributed by atoms with Gasteiger partial charge in [0.25, 0.3) is 0 Å². The molecule has 0 aromatic carbocycles. The van der Waals surface area contributed by atoms with Crippen molar-refractivity contribution >= 4 is 5.91 Å². The molecule has 0 aliphatic carbocycles. The lowest BCUT2D eigenvalue weighted by atomic mass is 9.98. The molecule has 2 N–H and O–H groups in total. The third-order valence-electron chi connectivity index (χ3n) is 3.60. The minimum Gasteiger partial charge on any atom is -0.381 e. The van der Waals surface area contributed by atoms with Crippen molar-refractivity contribution in [3.05, 3.63) is 0 Å². The number of ether oxygens (including phenoxy) is 1. The van der Waals surface area contributed by atoms with Crippen molar-refractivity contribution in [1.82, 2.24) is 4.90 Å². The molecule has 0 aromatic rings. The number of rotatable bonds is 5. The normalized spacial score (nSPS) is 19.4. The Morgan fingerprint density at radius 2 is 2.00 bits per heavy atom. The van der Waals surface area contributed by atoms with E-state index in [1.807, 2.05) is 11.9 Å². The molecule has 1 amide bonds. The van der Waals surface area contributed by atoms with Crippen molar-refractivity contribution in [1.29, 1.82) is 0 Å². The predicted octanol–water partition coefficient (Wildman–Crippen LogP) is 1.24. The molecule has 0 aromatic heterocycles. The molecule has 0 spiro atoms. The SMILES string of the molecule is CC(C)C(N)CCN(C)C(=O)C1CCOCC1. The first-order valence-electron chi connectivity index (χ1n) is 6.60. The van der Waals surface area contributed by atoms with Crippen molar-refractivity contribution in [3.8, 4) is 0 Å². The van der Waals surface area contributed by atoms with Gasteiger partial charge in [0.15, 0.2) is 0 Å². The third-order valence-corrected chi connectivity index (χ3v) is 3.60. The largest absolute Gasteiger partial charge is 0.381 e. The summed E-state index contributed by atoms with van der Waals surface area (Å²) < 4.78 is 5.27. The highest BCUT2D eigenvalue weighted by molar-refractivity contribution is 5.78. The highest BCUT2D eigenvalue weighted by Crippen LogP contribution is 2.17. The van der Waals surface area contributed by atoms with Crippen LogP contribution in [0.4, 0.5) is 0 Å². The molecule has 1 aliphatic rings. The van der Waals surface area contributed by atoms with Crippen LogP contribution in [0.5, 0.6) is 0 Å². The van der Waals surface area contributed by atoms with E-state index < -0.39 is 0 Å². The maximum absolute atomic E-state index is 12.1. The van der Waals surface area contributed by atoms with Crippen LogP contribution in [0, 0.1) is 11.8 Å². The van der Waals surface area contributed by atoms with E-state index >= 15 is 0 Å². The van der Waals surface area contributed by atoms with Crippen molar-refractivity contribution < 1.29 is 9.53 Å². The zero-order valence-electron chi connectivity index (χ0n) is 11.3. The van der Waals surface area contributed by atoms with E-state index in [0.29, 0.717) is 5.92 Å². The molecule has 4 heteroatoms. The van der Waals surface area contributed by atoms with Gasteiger partial charge in [0.1, 0.15) is 0 Å². The Morgan fingerprint density at radius 1 is 1.41 bits per heavy atom. The van der Waals surface area contributed by atoms with Gasteiger partial charge in [0, 0.05) is 38.8 Å². The van der Waals surface area contributed by atoms with E-state index in [0.717, 1.165) is 39.0 Å². The van der Waals surface area contributed by atoms with Gasteiger partial charge in [-0.1, -0.05) is 13.8 Å². The molecule has 0 saturated carbocycles. The van der Waals surface area contributed by atoms with Gasteiger partial charge in [-0.25, -0.2) is 0 Å². The van der Waals surface area contributed by atoms with Crippen LogP contribution in [0.1, 0.15) is 33.1 Å². The van der Waals surface area contributed by atoms with Crippen LogP contribution in [-0.4, -0.2) is 43.7 Å². The number of carbonyl (C=O) groups excluding carboxylic acids is 1. The number of hydrogen-bond acceptors (Lipinski definition) is 3. The van der Waals surface area contributed by atoms with E-state index in [2.05, 4.69) is 13.8 Å². The van der Waals surface area contributed by atoms with Crippen LogP contribution in [0.3, 0.4) is 0 Å². The first-order valence-corrected chi connectivity index (χ1v) is 6.60. The Hall–Kier alpha value is -0.610. The summed E-state index contributed by atoms with van der Waals surface area (Å²) in [6, 6.07) is 0.180. The highest BCUT2D eigenvalue weighted by atomic mass is 16.5. The smallest absolute Gasteiger partial charge is 0.225 e. The number of carbonyl (C=O) groups is 1. The fourth-order valence-electron chi connectivity index (χ4n) is 2.04. The number of hydrogen-bond donors (Lipinski definition) is 1. The Labute approximate surface area is 104 Å². The highest BCUT2D eigenvalue weighted by Gasteiger charge is 2.24. The Bertz CT molecular complexity index is 238. The van der Waals surface area contributed by atoms with E-state index in [-0.39, 0.29) is 17.9 Å². The van der Waals surface area contributed by atoms with Crippen LogP contribution in [-0.2, 0) is 9.53 Å². The van der Waals surface area contributed by atoms with Crippen molar-refractivity contribution in [2.45, 2.75) is 39.2 Å². The summed E-state index contributed by atoms with van der Waals surface area (Å²) in [6.45, 7) is 6.43. The van der Waals surface area contributed by atoms with Crippen molar-refractivity contribution in [2.24, 2.45) is 17.6 Å². The fourth-order valence-corrected chi connectivity index (χ4v) is 2.04. The average molecular weight is 242 g/mol. The minimum absolute atomic E-state index is 0.157. The topological polar surface area (TPSA) is 55.6 Å². The van der Waals surface area contributed by atoms with Crippen LogP contribution in [0.25, 0.3) is 0 Å². The lowest BCUT2D eigenvalue weighted by molar-refractivity contribution is -0.137. The van der Waals surface area contributed by atoms with Crippen LogP contribution < -0.4 is 5.73 Å². The van der Waals surface area contributed by atoms with Crippen LogP contribution >= 0.6 is 0 Å². The molecule has 1 rings (SSSR count). The van der Waals surface area contributed by atoms with Crippen LogP contribution in [0.2, 0.25) is 0 Å². The Morgan fingerprint density at radius 3 is 2.53 bits per heavy atom. The van der Waals surface area contributed by atoms with E-state index in [9.17, 15) is 4.79 Å². The lowest BCUT2D eigenvalue weighted by Gasteiger charge is -2.27. The van der Waals surface area contributed by atoms with Gasteiger partial charge >= 0.3 is 0 Å². The molecule has 1 aliphatic heterocycles. The molecule has 1 saturated heterocycles. The van der Waals surface area contributed by atoms with E-state index in [1.54, 1.807) is 0 Å². The summed E-state index contributed by atoms with van der Waals surface area (Å²) >= 11 is 0. The first kappa shape index (κ1) is 14.5. The number of nitrogens with zero attached hydrogens (tertiary/aromatic N) is 1. The Balaban J connectivity index is 2.30. The zero-order valence-corrected chi connectivity index (χ0v) is 11.3. The van der Waals surface area contributed by atoms with Crippen molar-refractivity contribution in [2.75, 3.05) is 26.8 Å². The average Bonchev–Trinajstić information content (AvgIpc) is 2.35. The van der Waals surface area contributed by atoms with Gasteiger partial charge < -0.3 is 15.4 Å². The minimum atomic E-state index is 0.157. The summed E-state index contributed by atoms with van der Waals surface area (Å²) in [5.74, 6) is 0.884. The fraction of sp³-hybridized carbons (Fsp3) is 0.923. The quantitative estimate of drug-likeness (QED) is 0.789. The Kier molecular flexibility index (Phi) is 5.92. The van der Waals surface area contributed by atoms with E-state index in [4.69, 9.17) is 10.5 Å². The van der Waals surface area contributed by atoms with Gasteiger partial charge in [-0.2, -0.15) is 0 Å². The summed E-state index contributed by atoms with van der Waals surface area (Å²) in [6.07, 6.45) is 2.60. The van der Waals surface area contributed by atoms with Crippen molar-refractivity contribution in [3.63, 3.8) is 0 Å². The molecule has 100 valence electrons. The monoisotopic (exact) mass is 242 g/mol. The summed E-state index contributed by atoms with van der Waals surface area (Å²) in [4.78, 5) is 13.9. The van der Waals surface area contributed by atoms with Gasteiger partial charge in [-0.3, -0.25) is 4.79 Å².